The van der Waals surface area contributed by atoms with E-state index in [-0.39, 0.29) is 0 Å². The molecule has 0 atom stereocenters. The van der Waals surface area contributed by atoms with Crippen LogP contribution in [0.3, 0.4) is 0 Å². The van der Waals surface area contributed by atoms with Crippen molar-refractivity contribution in [2.24, 2.45) is 0 Å². The van der Waals surface area contributed by atoms with Crippen molar-refractivity contribution in [1.82, 2.24) is 15.0 Å². The van der Waals surface area contributed by atoms with Gasteiger partial charge < -0.3 is 14.7 Å². The molecule has 30 heavy (non-hydrogen) atoms. The zero-order chi connectivity index (χ0) is 21.4. The highest BCUT2D eigenvalue weighted by molar-refractivity contribution is 7.29. The zero-order valence-electron chi connectivity index (χ0n) is 18.7. The van der Waals surface area contributed by atoms with Crippen molar-refractivity contribution in [3.8, 4) is 0 Å². The highest BCUT2D eigenvalue weighted by Gasteiger charge is 2.24. The minimum atomic E-state index is 0.956. The third-order valence-corrected chi connectivity index (χ3v) is 8.96. The number of fused-ring (bicyclic) bond motifs is 6. The molecule has 0 bridgehead atoms. The van der Waals surface area contributed by atoms with Gasteiger partial charge in [0.1, 0.15) is 16.6 Å². The summed E-state index contributed by atoms with van der Waals surface area (Å²) in [4.78, 5) is 22.3. The maximum absolute atomic E-state index is 5.10. The summed E-state index contributed by atoms with van der Waals surface area (Å²) in [6.45, 7) is 18.9. The highest BCUT2D eigenvalue weighted by atomic mass is 32.1. The van der Waals surface area contributed by atoms with E-state index in [4.69, 9.17) is 15.0 Å². The predicted octanol–water partition coefficient (Wildman–Crippen LogP) is 6.05. The molecule has 162 valence electrons. The first-order chi connectivity index (χ1) is 14.6. The van der Waals surface area contributed by atoms with Crippen molar-refractivity contribution in [3.05, 3.63) is 0 Å². The molecule has 3 aromatic heterocycles. The van der Waals surface area contributed by atoms with E-state index in [0.29, 0.717) is 0 Å². The van der Waals surface area contributed by atoms with Gasteiger partial charge in [0.15, 0.2) is 15.4 Å². The molecule has 0 aliphatic carbocycles. The Balaban J connectivity index is 2.05. The lowest BCUT2D eigenvalue weighted by Crippen LogP contribution is -2.21. The van der Waals surface area contributed by atoms with E-state index in [1.165, 1.54) is 14.1 Å². The molecule has 4 aromatic rings. The van der Waals surface area contributed by atoms with Gasteiger partial charge in [-0.1, -0.05) is 34.0 Å². The van der Waals surface area contributed by atoms with E-state index in [2.05, 4.69) is 56.2 Å². The minimum absolute atomic E-state index is 0.956. The molecule has 0 fully saturated rings. The van der Waals surface area contributed by atoms with Gasteiger partial charge in [-0.05, 0) is 41.5 Å². The minimum Gasteiger partial charge on any atom is -0.349 e. The Hall–Kier alpha value is -1.71. The van der Waals surface area contributed by atoms with Crippen LogP contribution in [0.15, 0.2) is 0 Å². The number of rotatable bonds is 9. The van der Waals surface area contributed by atoms with E-state index in [9.17, 15) is 0 Å². The molecule has 1 aromatic carbocycles. The van der Waals surface area contributed by atoms with Crippen LogP contribution in [-0.4, -0.2) is 54.2 Å². The maximum Gasteiger partial charge on any atom is 0.186 e. The third-order valence-electron chi connectivity index (χ3n) is 5.59. The Morgan fingerprint density at radius 2 is 0.700 bits per heavy atom. The SMILES string of the molecule is CCN(CC)c1nc2c(s1)c1nc(N(CC)CC)sc1c1nc(N(CC)CC)sc21. The summed E-state index contributed by atoms with van der Waals surface area (Å²) in [5, 5.41) is 3.25. The topological polar surface area (TPSA) is 48.4 Å². The quantitative estimate of drug-likeness (QED) is 0.302. The Morgan fingerprint density at radius 3 is 0.900 bits per heavy atom. The van der Waals surface area contributed by atoms with Gasteiger partial charge >= 0.3 is 0 Å². The molecule has 3 heterocycles. The van der Waals surface area contributed by atoms with Crippen LogP contribution in [0.4, 0.5) is 15.4 Å². The number of hydrogen-bond donors (Lipinski definition) is 0. The second-order valence-electron chi connectivity index (χ2n) is 7.04. The Labute approximate surface area is 190 Å². The molecule has 6 nitrogen and oxygen atoms in total. The summed E-state index contributed by atoms with van der Waals surface area (Å²) in [5.41, 5.74) is 3.20. The molecule has 0 N–H and O–H groups in total. The molecule has 0 saturated carbocycles. The number of benzene rings is 1. The standard InChI is InChI=1S/C21H30N6S3/c1-7-25(8-2)19-22-13-16(28-19)14-18(30-20(23-14)26(9-3)10-4)15-17(13)29-21(24-15)27(11-5)12-6/h7-12H2,1-6H3. The normalized spacial score (nSPS) is 11.8. The number of nitrogens with zero attached hydrogens (tertiary/aromatic N) is 6. The Kier molecular flexibility index (Phi) is 6.31. The lowest BCUT2D eigenvalue weighted by molar-refractivity contribution is 0.862. The Bertz CT molecular complexity index is 907. The maximum atomic E-state index is 5.10. The fraction of sp³-hybridized carbons (Fsp3) is 0.571. The van der Waals surface area contributed by atoms with Gasteiger partial charge in [0, 0.05) is 39.3 Å². The number of aromatic nitrogens is 3. The summed E-state index contributed by atoms with van der Waals surface area (Å²) >= 11 is 5.32. The molecule has 0 aliphatic rings. The molecule has 0 amide bonds. The van der Waals surface area contributed by atoms with E-state index in [0.717, 1.165) is 71.2 Å². The van der Waals surface area contributed by atoms with Crippen LogP contribution in [-0.2, 0) is 0 Å². The number of hydrogen-bond acceptors (Lipinski definition) is 9. The summed E-state index contributed by atoms with van der Waals surface area (Å²) in [7, 11) is 0. The lowest BCUT2D eigenvalue weighted by Gasteiger charge is -2.16. The third kappa shape index (κ3) is 3.40. The Morgan fingerprint density at radius 1 is 0.467 bits per heavy atom. The van der Waals surface area contributed by atoms with E-state index >= 15 is 0 Å². The fourth-order valence-electron chi connectivity index (χ4n) is 3.76. The van der Waals surface area contributed by atoms with Crippen LogP contribution >= 0.6 is 34.0 Å². The summed E-state index contributed by atoms with van der Waals surface area (Å²) in [6.07, 6.45) is 0. The first-order valence-corrected chi connectivity index (χ1v) is 13.3. The predicted molar refractivity (Wildman–Crippen MR) is 137 cm³/mol. The van der Waals surface area contributed by atoms with Crippen molar-refractivity contribution in [2.75, 3.05) is 54.0 Å². The molecule has 0 saturated heterocycles. The second kappa shape index (κ2) is 8.80. The molecule has 9 heteroatoms. The molecule has 4 rings (SSSR count). The van der Waals surface area contributed by atoms with E-state index in [1.807, 2.05) is 0 Å². The van der Waals surface area contributed by atoms with Crippen LogP contribution in [0.2, 0.25) is 0 Å². The van der Waals surface area contributed by atoms with Crippen molar-refractivity contribution in [2.45, 2.75) is 41.5 Å². The molecular formula is C21H30N6S3. The van der Waals surface area contributed by atoms with Crippen molar-refractivity contribution >= 4 is 80.1 Å². The van der Waals surface area contributed by atoms with Gasteiger partial charge in [0.05, 0.1) is 14.1 Å². The summed E-state index contributed by atoms with van der Waals surface area (Å²) in [6, 6.07) is 0. The molecular weight excluding hydrogens is 432 g/mol. The van der Waals surface area contributed by atoms with Crippen LogP contribution in [0.5, 0.6) is 0 Å². The highest BCUT2D eigenvalue weighted by Crippen LogP contribution is 2.46. The zero-order valence-corrected chi connectivity index (χ0v) is 21.1. The molecule has 0 spiro atoms. The van der Waals surface area contributed by atoms with Gasteiger partial charge in [-0.3, -0.25) is 0 Å². The molecule has 0 aliphatic heterocycles. The van der Waals surface area contributed by atoms with Crippen LogP contribution in [0, 0.1) is 0 Å². The average Bonchev–Trinajstić information content (AvgIpc) is 3.47. The largest absolute Gasteiger partial charge is 0.349 e. The first-order valence-electron chi connectivity index (χ1n) is 10.9. The van der Waals surface area contributed by atoms with Crippen molar-refractivity contribution in [3.63, 3.8) is 0 Å². The van der Waals surface area contributed by atoms with Crippen molar-refractivity contribution in [1.29, 1.82) is 0 Å². The van der Waals surface area contributed by atoms with Crippen LogP contribution in [0.25, 0.3) is 30.6 Å². The molecule has 0 unspecified atom stereocenters. The number of thiazole rings is 3. The van der Waals surface area contributed by atoms with Gasteiger partial charge in [-0.25, -0.2) is 15.0 Å². The summed E-state index contributed by atoms with van der Waals surface area (Å²) in [5.74, 6) is 0. The van der Waals surface area contributed by atoms with Gasteiger partial charge in [-0.2, -0.15) is 0 Å². The monoisotopic (exact) mass is 462 g/mol. The van der Waals surface area contributed by atoms with Crippen LogP contribution in [0.1, 0.15) is 41.5 Å². The molecule has 0 radical (unpaired) electrons. The van der Waals surface area contributed by atoms with Gasteiger partial charge in [-0.15, -0.1) is 0 Å². The summed E-state index contributed by atoms with van der Waals surface area (Å²) < 4.78 is 3.59. The fourth-order valence-corrected chi connectivity index (χ4v) is 7.54. The lowest BCUT2D eigenvalue weighted by atomic mass is 10.3. The average molecular weight is 463 g/mol. The van der Waals surface area contributed by atoms with Gasteiger partial charge in [0.2, 0.25) is 0 Å². The van der Waals surface area contributed by atoms with Gasteiger partial charge in [0.25, 0.3) is 0 Å². The van der Waals surface area contributed by atoms with E-state index in [1.54, 1.807) is 34.0 Å². The smallest absolute Gasteiger partial charge is 0.186 e. The van der Waals surface area contributed by atoms with Crippen molar-refractivity contribution < 1.29 is 0 Å². The second-order valence-corrected chi connectivity index (χ2v) is 9.97. The van der Waals surface area contributed by atoms with E-state index < -0.39 is 0 Å². The van der Waals surface area contributed by atoms with Crippen LogP contribution < -0.4 is 14.7 Å². The number of anilines is 3. The first kappa shape index (κ1) is 21.5.